The van der Waals surface area contributed by atoms with Crippen LogP contribution in [0.3, 0.4) is 0 Å². The van der Waals surface area contributed by atoms with Crippen molar-refractivity contribution >= 4 is 6.08 Å². The second-order valence-electron chi connectivity index (χ2n) is 7.91. The molecular weight excluding hydrogens is 369 g/mol. The van der Waals surface area contributed by atoms with Gasteiger partial charge in [0.2, 0.25) is 0 Å². The Bertz CT molecular complexity index is 863. The van der Waals surface area contributed by atoms with Crippen LogP contribution < -0.4 is 9.47 Å². The number of benzene rings is 2. The van der Waals surface area contributed by atoms with Crippen molar-refractivity contribution in [3.05, 3.63) is 65.0 Å². The second kappa shape index (κ2) is 8.97. The maximum atomic E-state index is 14.2. The van der Waals surface area contributed by atoms with Gasteiger partial charge in [-0.1, -0.05) is 18.2 Å². The number of hydrogen-bond acceptors (Lipinski definition) is 4. The number of rotatable bonds is 6. The Morgan fingerprint density at radius 1 is 1.14 bits per heavy atom. The lowest BCUT2D eigenvalue weighted by Crippen LogP contribution is -2.45. The van der Waals surface area contributed by atoms with Gasteiger partial charge >= 0.3 is 0 Å². The van der Waals surface area contributed by atoms with Crippen molar-refractivity contribution in [1.82, 2.24) is 4.90 Å². The summed E-state index contributed by atoms with van der Waals surface area (Å²) in [4.78, 5) is 2.07. The van der Waals surface area contributed by atoms with Crippen LogP contribution in [0.25, 0.3) is 6.08 Å². The molecule has 3 rings (SSSR count). The number of nitrogens with zero attached hydrogens (tertiary/aromatic N) is 1. The van der Waals surface area contributed by atoms with Gasteiger partial charge in [-0.3, -0.25) is 0 Å². The van der Waals surface area contributed by atoms with Gasteiger partial charge in [-0.15, -0.1) is 0 Å². The van der Waals surface area contributed by atoms with Gasteiger partial charge in [0.05, 0.1) is 14.2 Å². The van der Waals surface area contributed by atoms with Crippen molar-refractivity contribution in [2.45, 2.75) is 24.9 Å². The van der Waals surface area contributed by atoms with E-state index in [1.165, 1.54) is 12.1 Å². The van der Waals surface area contributed by atoms with Crippen molar-refractivity contribution in [2.75, 3.05) is 34.9 Å². The Morgan fingerprint density at radius 3 is 2.48 bits per heavy atom. The molecule has 1 fully saturated rings. The van der Waals surface area contributed by atoms with Crippen LogP contribution in [-0.4, -0.2) is 44.9 Å². The topological polar surface area (TPSA) is 41.9 Å². The number of aliphatic hydroxyl groups is 1. The molecule has 0 spiro atoms. The van der Waals surface area contributed by atoms with Gasteiger partial charge in [-0.05, 0) is 74.8 Å². The fourth-order valence-electron chi connectivity index (χ4n) is 4.32. The summed E-state index contributed by atoms with van der Waals surface area (Å²) < 4.78 is 25.0. The fraction of sp³-hybridized carbons (Fsp3) is 0.417. The van der Waals surface area contributed by atoms with E-state index in [1.54, 1.807) is 20.3 Å². The summed E-state index contributed by atoms with van der Waals surface area (Å²) in [5, 5.41) is 12.1. The molecule has 0 amide bonds. The number of hydrogen-bond donors (Lipinski definition) is 1. The molecule has 1 aliphatic rings. The van der Waals surface area contributed by atoms with Crippen molar-refractivity contribution in [3.63, 3.8) is 0 Å². The molecule has 156 valence electrons. The van der Waals surface area contributed by atoms with Crippen LogP contribution in [0.5, 0.6) is 11.5 Å². The van der Waals surface area contributed by atoms with Gasteiger partial charge in [0, 0.05) is 18.0 Å². The van der Waals surface area contributed by atoms with Gasteiger partial charge in [0.1, 0.15) is 22.9 Å². The molecule has 1 saturated carbocycles. The summed E-state index contributed by atoms with van der Waals surface area (Å²) in [6.45, 7) is 0.691. The summed E-state index contributed by atoms with van der Waals surface area (Å²) in [5.74, 6) is 0.821. The number of halogens is 1. The number of ether oxygens (including phenoxy) is 2. The molecule has 2 aromatic carbocycles. The normalized spacial score (nSPS) is 23.4. The van der Waals surface area contributed by atoms with E-state index in [9.17, 15) is 9.50 Å². The zero-order valence-corrected chi connectivity index (χ0v) is 17.6. The molecule has 2 atom stereocenters. The molecule has 1 aliphatic carbocycles. The van der Waals surface area contributed by atoms with E-state index in [-0.39, 0.29) is 11.7 Å². The summed E-state index contributed by atoms with van der Waals surface area (Å²) >= 11 is 0. The Balaban J connectivity index is 2.14. The van der Waals surface area contributed by atoms with E-state index in [1.807, 2.05) is 44.4 Å². The van der Waals surface area contributed by atoms with Gasteiger partial charge < -0.3 is 19.5 Å². The first kappa shape index (κ1) is 21.3. The highest BCUT2D eigenvalue weighted by atomic mass is 19.1. The minimum Gasteiger partial charge on any atom is -0.497 e. The highest BCUT2D eigenvalue weighted by molar-refractivity contribution is 5.59. The molecule has 0 bridgehead atoms. The minimum absolute atomic E-state index is 0.0774. The molecular formula is C24H30FNO3. The first-order valence-corrected chi connectivity index (χ1v) is 9.94. The molecule has 0 heterocycles. The number of methoxy groups -OCH3 is 2. The average Bonchev–Trinajstić information content (AvgIpc) is 2.71. The van der Waals surface area contributed by atoms with Crippen LogP contribution in [-0.2, 0) is 5.60 Å². The van der Waals surface area contributed by atoms with E-state index in [2.05, 4.69) is 4.90 Å². The molecule has 2 unspecified atom stereocenters. The first-order chi connectivity index (χ1) is 13.9. The third kappa shape index (κ3) is 4.46. The quantitative estimate of drug-likeness (QED) is 0.778. The Hall–Kier alpha value is -2.37. The largest absolute Gasteiger partial charge is 0.497 e. The maximum Gasteiger partial charge on any atom is 0.125 e. The lowest BCUT2D eigenvalue weighted by atomic mass is 9.67. The van der Waals surface area contributed by atoms with Crippen molar-refractivity contribution in [1.29, 1.82) is 0 Å². The Morgan fingerprint density at radius 2 is 1.86 bits per heavy atom. The van der Waals surface area contributed by atoms with Crippen LogP contribution in [0.4, 0.5) is 4.39 Å². The molecule has 5 heteroatoms. The fourth-order valence-corrected chi connectivity index (χ4v) is 4.32. The van der Waals surface area contributed by atoms with Crippen LogP contribution in [0.15, 0.2) is 48.0 Å². The lowest BCUT2D eigenvalue weighted by Gasteiger charge is -2.44. The Labute approximate surface area is 172 Å². The van der Waals surface area contributed by atoms with E-state index in [4.69, 9.17) is 9.47 Å². The first-order valence-electron chi connectivity index (χ1n) is 9.94. The molecule has 0 aromatic heterocycles. The summed E-state index contributed by atoms with van der Waals surface area (Å²) in [5.41, 5.74) is 1.03. The van der Waals surface area contributed by atoms with E-state index in [0.29, 0.717) is 17.9 Å². The lowest BCUT2D eigenvalue weighted by molar-refractivity contribution is -0.0192. The molecule has 0 radical (unpaired) electrons. The van der Waals surface area contributed by atoms with E-state index in [0.717, 1.165) is 36.1 Å². The minimum atomic E-state index is -1.31. The van der Waals surface area contributed by atoms with Gasteiger partial charge in [-0.25, -0.2) is 4.39 Å². The second-order valence-corrected chi connectivity index (χ2v) is 7.91. The zero-order valence-electron chi connectivity index (χ0n) is 17.6. The molecule has 0 saturated heterocycles. The molecule has 2 aromatic rings. The predicted molar refractivity (Wildman–Crippen MR) is 114 cm³/mol. The monoisotopic (exact) mass is 399 g/mol. The van der Waals surface area contributed by atoms with Crippen molar-refractivity contribution < 1.29 is 19.0 Å². The third-order valence-electron chi connectivity index (χ3n) is 5.69. The van der Waals surface area contributed by atoms with Gasteiger partial charge in [0.25, 0.3) is 0 Å². The summed E-state index contributed by atoms with van der Waals surface area (Å²) in [6.07, 6.45) is 4.59. The highest BCUT2D eigenvalue weighted by Gasteiger charge is 2.46. The maximum absolute atomic E-state index is 14.2. The molecule has 1 N–H and O–H groups in total. The highest BCUT2D eigenvalue weighted by Crippen LogP contribution is 2.49. The SMILES string of the molecule is COc1ccc(/C=C2\CCCC(CN(C)C)C2(O)c2cc(F)ccc2OC)cc1. The van der Waals surface area contributed by atoms with E-state index < -0.39 is 5.60 Å². The van der Waals surface area contributed by atoms with E-state index >= 15 is 0 Å². The van der Waals surface area contributed by atoms with Crippen LogP contribution in [0, 0.1) is 11.7 Å². The standard InChI is InChI=1S/C24H30FNO3/c1-26(2)16-19-7-5-6-18(14-17-8-11-21(28-3)12-9-17)24(19,27)22-15-20(25)10-13-23(22)29-4/h8-15,19,27H,5-7,16H2,1-4H3/b18-14+. The zero-order chi connectivity index (χ0) is 21.0. The molecule has 29 heavy (non-hydrogen) atoms. The summed E-state index contributed by atoms with van der Waals surface area (Å²) in [7, 11) is 7.17. The van der Waals surface area contributed by atoms with Crippen LogP contribution >= 0.6 is 0 Å². The average molecular weight is 400 g/mol. The van der Waals surface area contributed by atoms with Crippen LogP contribution in [0.2, 0.25) is 0 Å². The van der Waals surface area contributed by atoms with Crippen LogP contribution in [0.1, 0.15) is 30.4 Å². The predicted octanol–water partition coefficient (Wildman–Crippen LogP) is 4.48. The van der Waals surface area contributed by atoms with Crippen molar-refractivity contribution in [3.8, 4) is 11.5 Å². The smallest absolute Gasteiger partial charge is 0.125 e. The molecule has 4 nitrogen and oxygen atoms in total. The molecule has 0 aliphatic heterocycles. The van der Waals surface area contributed by atoms with Gasteiger partial charge in [-0.2, -0.15) is 0 Å². The third-order valence-corrected chi connectivity index (χ3v) is 5.69. The summed E-state index contributed by atoms with van der Waals surface area (Å²) in [6, 6.07) is 12.1. The van der Waals surface area contributed by atoms with Gasteiger partial charge in [0.15, 0.2) is 0 Å². The Kier molecular flexibility index (Phi) is 6.60. The van der Waals surface area contributed by atoms with Crippen molar-refractivity contribution in [2.24, 2.45) is 5.92 Å².